The number of ether oxygens (including phenoxy) is 1. The molecular weight excluding hydrogens is 296 g/mol. The van der Waals surface area contributed by atoms with Gasteiger partial charge in [0.25, 0.3) is 5.91 Å². The van der Waals surface area contributed by atoms with Crippen molar-refractivity contribution in [1.82, 2.24) is 20.2 Å². The van der Waals surface area contributed by atoms with E-state index in [0.29, 0.717) is 13.2 Å². The minimum absolute atomic E-state index is 0.227. The zero-order valence-electron chi connectivity index (χ0n) is 13.1. The van der Waals surface area contributed by atoms with E-state index in [1.165, 1.54) is 0 Å². The van der Waals surface area contributed by atoms with Gasteiger partial charge in [0, 0.05) is 24.5 Å². The second-order valence-corrected chi connectivity index (χ2v) is 5.30. The van der Waals surface area contributed by atoms with E-state index < -0.39 is 0 Å². The normalized spacial score (nSPS) is 14.6. The van der Waals surface area contributed by atoms with Crippen molar-refractivity contribution in [2.24, 2.45) is 0 Å². The number of aromatic nitrogens is 4. The summed E-state index contributed by atoms with van der Waals surface area (Å²) in [4.78, 5) is 22.6. The highest BCUT2D eigenvalue weighted by molar-refractivity contribution is 6.01. The van der Waals surface area contributed by atoms with Crippen molar-refractivity contribution >= 4 is 17.7 Å². The maximum atomic E-state index is 12.2. The van der Waals surface area contributed by atoms with E-state index >= 15 is 0 Å². The fourth-order valence-corrected chi connectivity index (χ4v) is 2.35. The van der Waals surface area contributed by atoms with E-state index in [4.69, 9.17) is 4.74 Å². The van der Waals surface area contributed by atoms with Crippen LogP contribution in [0.2, 0.25) is 0 Å². The average Bonchev–Trinajstić information content (AvgIpc) is 2.55. The number of amides is 1. The van der Waals surface area contributed by atoms with Crippen LogP contribution in [0, 0.1) is 13.8 Å². The van der Waals surface area contributed by atoms with Gasteiger partial charge in [0.15, 0.2) is 11.5 Å². The zero-order chi connectivity index (χ0) is 16.2. The van der Waals surface area contributed by atoms with Gasteiger partial charge in [-0.1, -0.05) is 0 Å². The molecule has 0 aliphatic carbocycles. The SMILES string of the molecule is Cc1cc(C)nc(NC(=O)c2ccc(N3CCOCC3)nn2)n1. The van der Waals surface area contributed by atoms with Crippen LogP contribution in [-0.4, -0.2) is 52.4 Å². The lowest BCUT2D eigenvalue weighted by Gasteiger charge is -2.27. The standard InChI is InChI=1S/C15H18N6O2/c1-10-9-11(2)17-15(16-10)18-14(22)12-3-4-13(20-19-12)21-5-7-23-8-6-21/h3-4,9H,5-8H2,1-2H3,(H,16,17,18,22). The number of morpholine rings is 1. The van der Waals surface area contributed by atoms with Crippen LogP contribution in [0.3, 0.4) is 0 Å². The quantitative estimate of drug-likeness (QED) is 0.902. The highest BCUT2D eigenvalue weighted by atomic mass is 16.5. The van der Waals surface area contributed by atoms with Crippen LogP contribution < -0.4 is 10.2 Å². The molecule has 1 amide bonds. The molecule has 23 heavy (non-hydrogen) atoms. The highest BCUT2D eigenvalue weighted by Gasteiger charge is 2.15. The number of carbonyl (C=O) groups excluding carboxylic acids is 1. The first-order valence-electron chi connectivity index (χ1n) is 7.42. The molecule has 2 aromatic rings. The van der Waals surface area contributed by atoms with Gasteiger partial charge in [-0.2, -0.15) is 0 Å². The Labute approximate surface area is 133 Å². The van der Waals surface area contributed by atoms with E-state index in [0.717, 1.165) is 30.3 Å². The maximum Gasteiger partial charge on any atom is 0.278 e. The van der Waals surface area contributed by atoms with Gasteiger partial charge in [0.2, 0.25) is 5.95 Å². The van der Waals surface area contributed by atoms with Gasteiger partial charge in [-0.25, -0.2) is 9.97 Å². The Kier molecular flexibility index (Phi) is 4.42. The molecule has 0 radical (unpaired) electrons. The van der Waals surface area contributed by atoms with Crippen LogP contribution in [0.1, 0.15) is 21.9 Å². The predicted molar refractivity (Wildman–Crippen MR) is 84.5 cm³/mol. The fourth-order valence-electron chi connectivity index (χ4n) is 2.35. The van der Waals surface area contributed by atoms with Crippen molar-refractivity contribution in [2.75, 3.05) is 36.5 Å². The molecule has 2 aromatic heterocycles. The number of anilines is 2. The molecule has 1 saturated heterocycles. The van der Waals surface area contributed by atoms with Gasteiger partial charge in [0.1, 0.15) is 0 Å². The molecular formula is C15H18N6O2. The minimum Gasteiger partial charge on any atom is -0.378 e. The van der Waals surface area contributed by atoms with Crippen molar-refractivity contribution < 1.29 is 9.53 Å². The Morgan fingerprint density at radius 3 is 2.43 bits per heavy atom. The van der Waals surface area contributed by atoms with Crippen LogP contribution in [0.4, 0.5) is 11.8 Å². The Morgan fingerprint density at radius 2 is 1.83 bits per heavy atom. The van der Waals surface area contributed by atoms with Crippen molar-refractivity contribution in [3.63, 3.8) is 0 Å². The third-order valence-electron chi connectivity index (χ3n) is 3.43. The molecule has 1 fully saturated rings. The molecule has 0 saturated carbocycles. The number of aryl methyl sites for hydroxylation is 2. The number of nitrogens with zero attached hydrogens (tertiary/aromatic N) is 5. The molecule has 3 rings (SSSR count). The smallest absolute Gasteiger partial charge is 0.278 e. The Hall–Kier alpha value is -2.61. The molecule has 0 aromatic carbocycles. The van der Waals surface area contributed by atoms with Crippen molar-refractivity contribution in [1.29, 1.82) is 0 Å². The molecule has 1 aliphatic rings. The van der Waals surface area contributed by atoms with Crippen LogP contribution >= 0.6 is 0 Å². The molecule has 0 bridgehead atoms. The Bertz CT molecular complexity index is 677. The lowest BCUT2D eigenvalue weighted by atomic mass is 10.3. The number of rotatable bonds is 3. The van der Waals surface area contributed by atoms with Crippen molar-refractivity contribution in [2.45, 2.75) is 13.8 Å². The summed E-state index contributed by atoms with van der Waals surface area (Å²) in [5.74, 6) is 0.634. The zero-order valence-corrected chi connectivity index (χ0v) is 13.1. The third-order valence-corrected chi connectivity index (χ3v) is 3.43. The summed E-state index contributed by atoms with van der Waals surface area (Å²) in [6.45, 7) is 6.59. The Balaban J connectivity index is 1.69. The van der Waals surface area contributed by atoms with Crippen LogP contribution in [0.5, 0.6) is 0 Å². The lowest BCUT2D eigenvalue weighted by molar-refractivity contribution is 0.102. The number of carbonyl (C=O) groups is 1. The predicted octanol–water partition coefficient (Wildman–Crippen LogP) is 0.972. The molecule has 0 atom stereocenters. The van der Waals surface area contributed by atoms with Gasteiger partial charge in [0.05, 0.1) is 13.2 Å². The molecule has 120 valence electrons. The average molecular weight is 314 g/mol. The molecule has 1 N–H and O–H groups in total. The molecule has 0 unspecified atom stereocenters. The first-order chi connectivity index (χ1) is 11.1. The molecule has 1 aliphatic heterocycles. The van der Waals surface area contributed by atoms with Crippen LogP contribution in [-0.2, 0) is 4.74 Å². The Morgan fingerprint density at radius 1 is 1.13 bits per heavy atom. The second-order valence-electron chi connectivity index (χ2n) is 5.30. The summed E-state index contributed by atoms with van der Waals surface area (Å²) >= 11 is 0. The maximum absolute atomic E-state index is 12.2. The van der Waals surface area contributed by atoms with E-state index in [-0.39, 0.29) is 17.5 Å². The fraction of sp³-hybridized carbons (Fsp3) is 0.400. The lowest BCUT2D eigenvalue weighted by Crippen LogP contribution is -2.37. The number of hydrogen-bond acceptors (Lipinski definition) is 7. The summed E-state index contributed by atoms with van der Waals surface area (Å²) < 4.78 is 5.30. The minimum atomic E-state index is -0.379. The van der Waals surface area contributed by atoms with E-state index in [2.05, 4.69) is 30.4 Å². The summed E-state index contributed by atoms with van der Waals surface area (Å²) in [7, 11) is 0. The van der Waals surface area contributed by atoms with Crippen LogP contribution in [0.15, 0.2) is 18.2 Å². The molecule has 0 spiro atoms. The van der Waals surface area contributed by atoms with Crippen molar-refractivity contribution in [3.8, 4) is 0 Å². The van der Waals surface area contributed by atoms with Crippen LogP contribution in [0.25, 0.3) is 0 Å². The molecule has 3 heterocycles. The van der Waals surface area contributed by atoms with Gasteiger partial charge in [-0.15, -0.1) is 10.2 Å². The first kappa shape index (κ1) is 15.3. The summed E-state index contributed by atoms with van der Waals surface area (Å²) in [5, 5.41) is 10.8. The first-order valence-corrected chi connectivity index (χ1v) is 7.42. The summed E-state index contributed by atoms with van der Waals surface area (Å²) in [6, 6.07) is 5.28. The van der Waals surface area contributed by atoms with Gasteiger partial charge in [-0.05, 0) is 32.0 Å². The van der Waals surface area contributed by atoms with Gasteiger partial charge >= 0.3 is 0 Å². The highest BCUT2D eigenvalue weighted by Crippen LogP contribution is 2.12. The number of nitrogens with one attached hydrogen (secondary N) is 1. The summed E-state index contributed by atoms with van der Waals surface area (Å²) in [6.07, 6.45) is 0. The van der Waals surface area contributed by atoms with E-state index in [1.807, 2.05) is 19.9 Å². The van der Waals surface area contributed by atoms with E-state index in [1.54, 1.807) is 12.1 Å². The van der Waals surface area contributed by atoms with Gasteiger partial charge < -0.3 is 9.64 Å². The largest absolute Gasteiger partial charge is 0.378 e. The van der Waals surface area contributed by atoms with Gasteiger partial charge in [-0.3, -0.25) is 10.1 Å². The third kappa shape index (κ3) is 3.78. The second kappa shape index (κ2) is 6.66. The van der Waals surface area contributed by atoms with E-state index in [9.17, 15) is 4.79 Å². The number of hydrogen-bond donors (Lipinski definition) is 1. The molecule has 8 nitrogen and oxygen atoms in total. The summed E-state index contributed by atoms with van der Waals surface area (Å²) in [5.41, 5.74) is 1.81. The topological polar surface area (TPSA) is 93.1 Å². The monoisotopic (exact) mass is 314 g/mol. The molecule has 8 heteroatoms. The van der Waals surface area contributed by atoms with Crippen molar-refractivity contribution in [3.05, 3.63) is 35.3 Å².